The third kappa shape index (κ3) is 3.31. The van der Waals surface area contributed by atoms with Crippen molar-refractivity contribution >= 4 is 31.6 Å². The van der Waals surface area contributed by atoms with E-state index in [1.54, 1.807) is 17.9 Å². The first-order valence-electron chi connectivity index (χ1n) is 11.5. The van der Waals surface area contributed by atoms with Crippen molar-refractivity contribution in [3.05, 3.63) is 70.7 Å². The molecule has 0 aliphatic heterocycles. The molecule has 7 rings (SSSR count). The van der Waals surface area contributed by atoms with Crippen LogP contribution in [0.1, 0.15) is 30.1 Å². The van der Waals surface area contributed by atoms with Crippen molar-refractivity contribution in [2.24, 2.45) is 0 Å². The molecule has 6 aromatic rings. The molecule has 1 fully saturated rings. The second-order valence-corrected chi connectivity index (χ2v) is 9.72. The first kappa shape index (κ1) is 20.9. The van der Waals surface area contributed by atoms with E-state index in [4.69, 9.17) is 14.1 Å². The number of oxazole rings is 1. The molecule has 4 heterocycles. The molecule has 11 heteroatoms. The normalized spacial score (nSPS) is 13.6. The standard InChI is InChI=1S/C25H19N7O3S/c1-34-14-7-8-16(19(9-14)13-5-6-13)23-27-24-20(25(33)32(23)11-15-10-26-12-35-15)17-3-2-4-18(21(17)36-24)22-28-30-31-29-22/h2-4,7-10,12-13H,5-6,11H2,1H3,(H,28,29,30,31). The molecule has 1 N–H and O–H groups in total. The van der Waals surface area contributed by atoms with Gasteiger partial charge in [0, 0.05) is 21.2 Å². The number of tetrazole rings is 1. The van der Waals surface area contributed by atoms with E-state index in [2.05, 4.69) is 31.7 Å². The second kappa shape index (κ2) is 8.09. The Morgan fingerprint density at radius 1 is 1.22 bits per heavy atom. The molecule has 0 radical (unpaired) electrons. The Balaban J connectivity index is 1.53. The number of thiophene rings is 1. The van der Waals surface area contributed by atoms with E-state index in [1.807, 2.05) is 30.3 Å². The van der Waals surface area contributed by atoms with Crippen molar-refractivity contribution in [1.29, 1.82) is 0 Å². The number of H-pyrrole nitrogens is 1. The van der Waals surface area contributed by atoms with Gasteiger partial charge in [0.2, 0.25) is 5.82 Å². The lowest BCUT2D eigenvalue weighted by atomic mass is 10.0. The minimum Gasteiger partial charge on any atom is -0.497 e. The highest BCUT2D eigenvalue weighted by molar-refractivity contribution is 7.26. The van der Waals surface area contributed by atoms with E-state index in [0.29, 0.717) is 33.5 Å². The molecule has 1 aliphatic rings. The van der Waals surface area contributed by atoms with Crippen LogP contribution in [0.15, 0.2) is 58.2 Å². The zero-order valence-electron chi connectivity index (χ0n) is 19.1. The lowest BCUT2D eigenvalue weighted by Crippen LogP contribution is -2.24. The molecule has 36 heavy (non-hydrogen) atoms. The number of fused-ring (bicyclic) bond motifs is 3. The highest BCUT2D eigenvalue weighted by Crippen LogP contribution is 2.46. The van der Waals surface area contributed by atoms with E-state index in [-0.39, 0.29) is 12.1 Å². The quantitative estimate of drug-likeness (QED) is 0.359. The molecule has 0 spiro atoms. The minimum absolute atomic E-state index is 0.138. The van der Waals surface area contributed by atoms with Gasteiger partial charge >= 0.3 is 0 Å². The summed E-state index contributed by atoms with van der Waals surface area (Å²) in [6, 6.07) is 11.7. The monoisotopic (exact) mass is 497 g/mol. The summed E-state index contributed by atoms with van der Waals surface area (Å²) in [5.74, 6) is 2.86. The number of nitrogens with zero attached hydrogens (tertiary/aromatic N) is 6. The largest absolute Gasteiger partial charge is 0.497 e. The molecule has 4 aromatic heterocycles. The average Bonchev–Trinajstić information content (AvgIpc) is 3.26. The minimum atomic E-state index is -0.138. The van der Waals surface area contributed by atoms with Crippen LogP contribution in [0.25, 0.3) is 43.1 Å². The Kier molecular flexibility index (Phi) is 4.71. The Morgan fingerprint density at radius 3 is 2.89 bits per heavy atom. The molecule has 0 unspecified atom stereocenters. The molecule has 0 atom stereocenters. The summed E-state index contributed by atoms with van der Waals surface area (Å²) in [6.07, 6.45) is 5.19. The van der Waals surface area contributed by atoms with Gasteiger partial charge in [-0.15, -0.1) is 21.5 Å². The number of hydrogen-bond acceptors (Lipinski definition) is 9. The average molecular weight is 498 g/mol. The number of benzene rings is 2. The Labute approximate surface area is 207 Å². The van der Waals surface area contributed by atoms with E-state index in [1.165, 1.54) is 17.7 Å². The van der Waals surface area contributed by atoms with Gasteiger partial charge in [-0.3, -0.25) is 9.36 Å². The topological polar surface area (TPSA) is 125 Å². The smallest absolute Gasteiger partial charge is 0.263 e. The predicted molar refractivity (Wildman–Crippen MR) is 134 cm³/mol. The second-order valence-electron chi connectivity index (χ2n) is 8.72. The molecule has 2 aromatic carbocycles. The van der Waals surface area contributed by atoms with Crippen LogP contribution in [-0.2, 0) is 6.54 Å². The highest BCUT2D eigenvalue weighted by Gasteiger charge is 2.29. The SMILES string of the molecule is COc1ccc(-c2nc3sc4c(-c5nn[nH]n5)cccc4c3c(=O)n2Cc2cnco2)c(C2CC2)c1. The van der Waals surface area contributed by atoms with Gasteiger partial charge in [-0.1, -0.05) is 12.1 Å². The molecule has 1 aliphatic carbocycles. The lowest BCUT2D eigenvalue weighted by Gasteiger charge is -2.15. The number of aromatic amines is 1. The van der Waals surface area contributed by atoms with Crippen LogP contribution in [-0.4, -0.2) is 42.3 Å². The molecule has 10 nitrogen and oxygen atoms in total. The van der Waals surface area contributed by atoms with Gasteiger partial charge in [0.1, 0.15) is 22.2 Å². The molecule has 1 saturated carbocycles. The fourth-order valence-electron chi connectivity index (χ4n) is 4.66. The Morgan fingerprint density at radius 2 is 2.14 bits per heavy atom. The van der Waals surface area contributed by atoms with Crippen molar-refractivity contribution in [2.45, 2.75) is 25.3 Å². The highest BCUT2D eigenvalue weighted by atomic mass is 32.1. The fraction of sp³-hybridized carbons (Fsp3) is 0.200. The van der Waals surface area contributed by atoms with Gasteiger partial charge in [-0.25, -0.2) is 9.97 Å². The zero-order chi connectivity index (χ0) is 24.2. The van der Waals surface area contributed by atoms with Gasteiger partial charge in [-0.2, -0.15) is 5.21 Å². The van der Waals surface area contributed by atoms with Crippen molar-refractivity contribution in [3.63, 3.8) is 0 Å². The first-order valence-corrected chi connectivity index (χ1v) is 12.3. The van der Waals surface area contributed by atoms with Crippen LogP contribution in [0, 0.1) is 0 Å². The van der Waals surface area contributed by atoms with E-state index >= 15 is 0 Å². The van der Waals surface area contributed by atoms with Crippen molar-refractivity contribution < 1.29 is 9.15 Å². The van der Waals surface area contributed by atoms with Crippen LogP contribution >= 0.6 is 11.3 Å². The summed E-state index contributed by atoms with van der Waals surface area (Å²) in [6.45, 7) is 0.217. The first-order chi connectivity index (χ1) is 17.7. The van der Waals surface area contributed by atoms with Gasteiger partial charge in [0.05, 0.1) is 25.2 Å². The molecular formula is C25H19N7O3S. The van der Waals surface area contributed by atoms with Crippen LogP contribution < -0.4 is 10.3 Å². The van der Waals surface area contributed by atoms with Crippen LogP contribution in [0.2, 0.25) is 0 Å². The Bertz CT molecular complexity index is 1780. The number of methoxy groups -OCH3 is 1. The van der Waals surface area contributed by atoms with E-state index < -0.39 is 0 Å². The van der Waals surface area contributed by atoms with Crippen LogP contribution in [0.4, 0.5) is 0 Å². The summed E-state index contributed by atoms with van der Waals surface area (Å²) < 4.78 is 13.6. The van der Waals surface area contributed by atoms with Crippen molar-refractivity contribution in [3.8, 4) is 28.5 Å². The third-order valence-corrected chi connectivity index (χ3v) is 7.65. The number of rotatable bonds is 6. The number of nitrogens with one attached hydrogen (secondary N) is 1. The molecule has 0 saturated heterocycles. The maximum absolute atomic E-state index is 14.1. The van der Waals surface area contributed by atoms with E-state index in [9.17, 15) is 4.79 Å². The lowest BCUT2D eigenvalue weighted by molar-refractivity contribution is 0.414. The maximum atomic E-state index is 14.1. The van der Waals surface area contributed by atoms with Gasteiger partial charge in [0.15, 0.2) is 6.39 Å². The summed E-state index contributed by atoms with van der Waals surface area (Å²) in [7, 11) is 1.66. The fourth-order valence-corrected chi connectivity index (χ4v) is 5.84. The Hall–Kier alpha value is -4.38. The summed E-state index contributed by atoms with van der Waals surface area (Å²) in [4.78, 5) is 23.9. The summed E-state index contributed by atoms with van der Waals surface area (Å²) >= 11 is 1.46. The maximum Gasteiger partial charge on any atom is 0.263 e. The summed E-state index contributed by atoms with van der Waals surface area (Å²) in [5, 5.41) is 15.8. The molecular weight excluding hydrogens is 478 g/mol. The molecule has 0 amide bonds. The van der Waals surface area contributed by atoms with Crippen LogP contribution in [0.5, 0.6) is 5.75 Å². The van der Waals surface area contributed by atoms with Crippen molar-refractivity contribution in [2.75, 3.05) is 7.11 Å². The third-order valence-electron chi connectivity index (χ3n) is 6.52. The summed E-state index contributed by atoms with van der Waals surface area (Å²) in [5.41, 5.74) is 2.73. The molecule has 178 valence electrons. The number of aromatic nitrogens is 7. The van der Waals surface area contributed by atoms with Gasteiger partial charge in [-0.05, 0) is 53.8 Å². The number of ether oxygens (including phenoxy) is 1. The van der Waals surface area contributed by atoms with Crippen molar-refractivity contribution in [1.82, 2.24) is 35.2 Å². The van der Waals surface area contributed by atoms with Gasteiger partial charge < -0.3 is 9.15 Å². The molecule has 0 bridgehead atoms. The van der Waals surface area contributed by atoms with Gasteiger partial charge in [0.25, 0.3) is 5.56 Å². The van der Waals surface area contributed by atoms with Crippen LogP contribution in [0.3, 0.4) is 0 Å². The predicted octanol–water partition coefficient (Wildman–Crippen LogP) is 4.38. The number of hydrogen-bond donors (Lipinski definition) is 1. The zero-order valence-corrected chi connectivity index (χ0v) is 20.0. The van der Waals surface area contributed by atoms with E-state index in [0.717, 1.165) is 45.4 Å².